The lowest BCUT2D eigenvalue weighted by Gasteiger charge is -2.15. The molecule has 3 heteroatoms. The molecule has 0 spiro atoms. The highest BCUT2D eigenvalue weighted by Gasteiger charge is 2.22. The number of hydrogen-bond donors (Lipinski definition) is 1. The largest absolute Gasteiger partial charge is 0.338 e. The minimum Gasteiger partial charge on any atom is -0.338 e. The highest BCUT2D eigenvalue weighted by molar-refractivity contribution is 5.87. The van der Waals surface area contributed by atoms with Crippen molar-refractivity contribution in [2.75, 3.05) is 13.1 Å². The lowest BCUT2D eigenvalue weighted by atomic mass is 9.96. The molecule has 0 radical (unpaired) electrons. The van der Waals surface area contributed by atoms with E-state index in [4.69, 9.17) is 5.73 Å². The van der Waals surface area contributed by atoms with Crippen LogP contribution in [-0.4, -0.2) is 29.9 Å². The molecule has 0 saturated carbocycles. The Balaban J connectivity index is 2.47. The average molecular weight is 196 g/mol. The van der Waals surface area contributed by atoms with Crippen molar-refractivity contribution in [3.05, 3.63) is 12.2 Å². The standard InChI is InChI=1S/C11H20N2O/c1-11(2,3)6-4-10(14)13-7-5-9(12)8-13/h4,6,9H,5,7-8,12H2,1-3H3/b6-4+/t9-/m1/s1. The Bertz CT molecular complexity index is 240. The summed E-state index contributed by atoms with van der Waals surface area (Å²) in [5.41, 5.74) is 5.79. The molecule has 0 aromatic heterocycles. The van der Waals surface area contributed by atoms with Gasteiger partial charge in [0.25, 0.3) is 0 Å². The molecule has 1 amide bonds. The van der Waals surface area contributed by atoms with Gasteiger partial charge in [0.2, 0.25) is 5.91 Å². The third-order valence-corrected chi connectivity index (χ3v) is 2.26. The van der Waals surface area contributed by atoms with Gasteiger partial charge in [-0.25, -0.2) is 0 Å². The van der Waals surface area contributed by atoms with Crippen LogP contribution in [0.1, 0.15) is 27.2 Å². The van der Waals surface area contributed by atoms with Crippen LogP contribution < -0.4 is 5.73 Å². The van der Waals surface area contributed by atoms with Gasteiger partial charge in [0.1, 0.15) is 0 Å². The smallest absolute Gasteiger partial charge is 0.246 e. The monoisotopic (exact) mass is 196 g/mol. The van der Waals surface area contributed by atoms with Crippen LogP contribution in [0, 0.1) is 5.41 Å². The van der Waals surface area contributed by atoms with Crippen LogP contribution in [0.5, 0.6) is 0 Å². The fraction of sp³-hybridized carbons (Fsp3) is 0.727. The average Bonchev–Trinajstić information content (AvgIpc) is 2.46. The molecule has 0 aromatic carbocycles. The van der Waals surface area contributed by atoms with Gasteiger partial charge in [-0.3, -0.25) is 4.79 Å². The van der Waals surface area contributed by atoms with E-state index in [1.165, 1.54) is 0 Å². The van der Waals surface area contributed by atoms with Crippen molar-refractivity contribution in [3.63, 3.8) is 0 Å². The Kier molecular flexibility index (Phi) is 3.32. The Hall–Kier alpha value is -0.830. The predicted molar refractivity (Wildman–Crippen MR) is 57.8 cm³/mol. The molecule has 1 rings (SSSR count). The molecule has 0 bridgehead atoms. The molecule has 3 nitrogen and oxygen atoms in total. The highest BCUT2D eigenvalue weighted by atomic mass is 16.2. The van der Waals surface area contributed by atoms with Crippen LogP contribution in [0.15, 0.2) is 12.2 Å². The number of hydrogen-bond acceptors (Lipinski definition) is 2. The van der Waals surface area contributed by atoms with Gasteiger partial charge in [-0.2, -0.15) is 0 Å². The number of carbonyl (C=O) groups excluding carboxylic acids is 1. The van der Waals surface area contributed by atoms with Crippen LogP contribution in [0.25, 0.3) is 0 Å². The van der Waals surface area contributed by atoms with E-state index >= 15 is 0 Å². The first-order chi connectivity index (χ1) is 6.38. The third kappa shape index (κ3) is 3.50. The Morgan fingerprint density at radius 1 is 1.50 bits per heavy atom. The van der Waals surface area contributed by atoms with E-state index in [2.05, 4.69) is 20.8 Å². The second-order valence-corrected chi connectivity index (χ2v) is 5.03. The number of amides is 1. The van der Waals surface area contributed by atoms with E-state index in [9.17, 15) is 4.79 Å². The molecular weight excluding hydrogens is 176 g/mol. The summed E-state index contributed by atoms with van der Waals surface area (Å²) >= 11 is 0. The molecule has 2 N–H and O–H groups in total. The first kappa shape index (κ1) is 11.2. The van der Waals surface area contributed by atoms with Gasteiger partial charge in [-0.05, 0) is 17.9 Å². The van der Waals surface area contributed by atoms with Gasteiger partial charge >= 0.3 is 0 Å². The second-order valence-electron chi connectivity index (χ2n) is 5.03. The van der Waals surface area contributed by atoms with Crippen molar-refractivity contribution in [3.8, 4) is 0 Å². The molecule has 1 saturated heterocycles. The van der Waals surface area contributed by atoms with Crippen molar-refractivity contribution >= 4 is 5.91 Å². The summed E-state index contributed by atoms with van der Waals surface area (Å²) in [4.78, 5) is 13.4. The first-order valence-corrected chi connectivity index (χ1v) is 5.12. The number of likely N-dealkylation sites (tertiary alicyclic amines) is 1. The lowest BCUT2D eigenvalue weighted by molar-refractivity contribution is -0.125. The summed E-state index contributed by atoms with van der Waals surface area (Å²) in [7, 11) is 0. The molecule has 1 aliphatic rings. The maximum Gasteiger partial charge on any atom is 0.246 e. The van der Waals surface area contributed by atoms with Crippen LogP contribution in [0.3, 0.4) is 0 Å². The molecular formula is C11H20N2O. The fourth-order valence-electron chi connectivity index (χ4n) is 1.41. The molecule has 1 fully saturated rings. The quantitative estimate of drug-likeness (QED) is 0.639. The maximum atomic E-state index is 11.6. The molecule has 0 aromatic rings. The normalized spacial score (nSPS) is 23.4. The first-order valence-electron chi connectivity index (χ1n) is 5.12. The summed E-state index contributed by atoms with van der Waals surface area (Å²) < 4.78 is 0. The van der Waals surface area contributed by atoms with Gasteiger partial charge in [0.15, 0.2) is 0 Å². The summed E-state index contributed by atoms with van der Waals surface area (Å²) in [6.45, 7) is 7.73. The molecule has 1 heterocycles. The van der Waals surface area contributed by atoms with Crippen molar-refractivity contribution in [2.45, 2.75) is 33.2 Å². The summed E-state index contributed by atoms with van der Waals surface area (Å²) in [6, 6.07) is 0.169. The predicted octanol–water partition coefficient (Wildman–Crippen LogP) is 1.15. The Morgan fingerprint density at radius 3 is 2.57 bits per heavy atom. The van der Waals surface area contributed by atoms with Crippen molar-refractivity contribution < 1.29 is 4.79 Å². The SMILES string of the molecule is CC(C)(C)/C=C/C(=O)N1CC[C@@H](N)C1. The van der Waals surface area contributed by atoms with E-state index in [0.717, 1.165) is 13.0 Å². The van der Waals surface area contributed by atoms with Gasteiger partial charge in [0.05, 0.1) is 0 Å². The van der Waals surface area contributed by atoms with Crippen LogP contribution >= 0.6 is 0 Å². The van der Waals surface area contributed by atoms with Gasteiger partial charge in [-0.15, -0.1) is 0 Å². The lowest BCUT2D eigenvalue weighted by Crippen LogP contribution is -2.30. The number of allylic oxidation sites excluding steroid dienone is 1. The van der Waals surface area contributed by atoms with Gasteiger partial charge in [0, 0.05) is 19.1 Å². The van der Waals surface area contributed by atoms with Crippen LogP contribution in [-0.2, 0) is 4.79 Å². The van der Waals surface area contributed by atoms with Crippen molar-refractivity contribution in [1.29, 1.82) is 0 Å². The summed E-state index contributed by atoms with van der Waals surface area (Å²) in [5.74, 6) is 0.0906. The van der Waals surface area contributed by atoms with Crippen molar-refractivity contribution in [2.24, 2.45) is 11.1 Å². The van der Waals surface area contributed by atoms with E-state index in [1.807, 2.05) is 11.0 Å². The summed E-state index contributed by atoms with van der Waals surface area (Å²) in [6.07, 6.45) is 4.53. The minimum atomic E-state index is 0.0670. The number of nitrogens with two attached hydrogens (primary N) is 1. The molecule has 0 unspecified atom stereocenters. The molecule has 0 aliphatic carbocycles. The van der Waals surface area contributed by atoms with E-state index in [1.54, 1.807) is 6.08 Å². The topological polar surface area (TPSA) is 46.3 Å². The number of carbonyl (C=O) groups is 1. The van der Waals surface area contributed by atoms with Crippen LogP contribution in [0.2, 0.25) is 0 Å². The third-order valence-electron chi connectivity index (χ3n) is 2.26. The second kappa shape index (κ2) is 4.13. The zero-order valence-corrected chi connectivity index (χ0v) is 9.29. The zero-order valence-electron chi connectivity index (χ0n) is 9.29. The highest BCUT2D eigenvalue weighted by Crippen LogP contribution is 2.15. The number of nitrogens with zero attached hydrogens (tertiary/aromatic N) is 1. The zero-order chi connectivity index (χ0) is 10.8. The molecule has 1 aliphatic heterocycles. The Labute approximate surface area is 86.0 Å². The minimum absolute atomic E-state index is 0.0670. The summed E-state index contributed by atoms with van der Waals surface area (Å²) in [5, 5.41) is 0. The fourth-order valence-corrected chi connectivity index (χ4v) is 1.41. The number of rotatable bonds is 1. The van der Waals surface area contributed by atoms with Crippen LogP contribution in [0.4, 0.5) is 0 Å². The van der Waals surface area contributed by atoms with Gasteiger partial charge in [-0.1, -0.05) is 26.8 Å². The molecule has 1 atom stereocenters. The maximum absolute atomic E-state index is 11.6. The Morgan fingerprint density at radius 2 is 2.14 bits per heavy atom. The van der Waals surface area contributed by atoms with Gasteiger partial charge < -0.3 is 10.6 Å². The van der Waals surface area contributed by atoms with E-state index in [-0.39, 0.29) is 17.4 Å². The molecule has 80 valence electrons. The molecule has 14 heavy (non-hydrogen) atoms. The van der Waals surface area contributed by atoms with E-state index in [0.29, 0.717) is 6.54 Å². The van der Waals surface area contributed by atoms with E-state index < -0.39 is 0 Å². The van der Waals surface area contributed by atoms with Crippen molar-refractivity contribution in [1.82, 2.24) is 4.90 Å².